The second kappa shape index (κ2) is 4.11. The quantitative estimate of drug-likeness (QED) is 0.788. The number of hydrogen-bond donors (Lipinski definition) is 2. The number of hydrogen-bond acceptors (Lipinski definition) is 4. The van der Waals surface area contributed by atoms with E-state index < -0.39 is 12.7 Å². The molecule has 0 spiro atoms. The molecule has 0 aliphatic rings. The minimum atomic E-state index is -1.13. The van der Waals surface area contributed by atoms with Gasteiger partial charge in [-0.1, -0.05) is 0 Å². The smallest absolute Gasteiger partial charge is 0.354 e. The third kappa shape index (κ3) is 1.78. The highest BCUT2D eigenvalue weighted by molar-refractivity contribution is 5.87. The molecule has 2 heterocycles. The molecule has 0 saturated carbocycles. The fourth-order valence-corrected chi connectivity index (χ4v) is 1.35. The van der Waals surface area contributed by atoms with E-state index in [1.54, 1.807) is 24.5 Å². The van der Waals surface area contributed by atoms with Crippen molar-refractivity contribution in [2.45, 2.75) is 6.73 Å². The van der Waals surface area contributed by atoms with Crippen molar-refractivity contribution in [2.75, 3.05) is 0 Å². The van der Waals surface area contributed by atoms with Crippen molar-refractivity contribution in [1.29, 1.82) is 0 Å². The maximum atomic E-state index is 10.8. The molecule has 6 heteroatoms. The maximum Gasteiger partial charge on any atom is 0.354 e. The first-order valence-electron chi connectivity index (χ1n) is 4.55. The van der Waals surface area contributed by atoms with E-state index in [9.17, 15) is 4.79 Å². The molecule has 0 amide bonds. The molecule has 82 valence electrons. The van der Waals surface area contributed by atoms with Gasteiger partial charge in [-0.3, -0.25) is 4.98 Å². The number of aromatic carboxylic acids is 1. The van der Waals surface area contributed by atoms with Crippen molar-refractivity contribution in [3.8, 4) is 11.3 Å². The number of aliphatic hydroxyl groups is 1. The first-order chi connectivity index (χ1) is 7.72. The van der Waals surface area contributed by atoms with E-state index in [-0.39, 0.29) is 5.69 Å². The molecule has 0 bridgehead atoms. The normalized spacial score (nSPS) is 10.3. The average Bonchev–Trinajstić information content (AvgIpc) is 2.74. The van der Waals surface area contributed by atoms with Crippen molar-refractivity contribution in [3.63, 3.8) is 0 Å². The minimum Gasteiger partial charge on any atom is -0.477 e. The fourth-order valence-electron chi connectivity index (χ4n) is 1.35. The molecule has 0 aliphatic heterocycles. The van der Waals surface area contributed by atoms with Crippen LogP contribution < -0.4 is 0 Å². The molecular weight excluding hydrogens is 210 g/mol. The SMILES string of the molecule is O=C(O)c1cc(-c2cccnc2)nn1CO. The van der Waals surface area contributed by atoms with Crippen LogP contribution in [0, 0.1) is 0 Å². The Morgan fingerprint density at radius 1 is 1.50 bits per heavy atom. The number of rotatable bonds is 3. The summed E-state index contributed by atoms with van der Waals surface area (Å²) in [6.07, 6.45) is 3.19. The molecule has 0 unspecified atom stereocenters. The van der Waals surface area contributed by atoms with Gasteiger partial charge in [-0.05, 0) is 18.2 Å². The van der Waals surface area contributed by atoms with Crippen LogP contribution in [-0.4, -0.2) is 30.9 Å². The number of nitrogens with zero attached hydrogens (tertiary/aromatic N) is 3. The highest BCUT2D eigenvalue weighted by Gasteiger charge is 2.14. The van der Waals surface area contributed by atoms with Gasteiger partial charge in [-0.25, -0.2) is 9.48 Å². The summed E-state index contributed by atoms with van der Waals surface area (Å²) >= 11 is 0. The molecule has 0 atom stereocenters. The summed E-state index contributed by atoms with van der Waals surface area (Å²) < 4.78 is 1.02. The third-order valence-electron chi connectivity index (χ3n) is 2.09. The Labute approximate surface area is 90.8 Å². The van der Waals surface area contributed by atoms with Crippen molar-refractivity contribution in [2.24, 2.45) is 0 Å². The van der Waals surface area contributed by atoms with E-state index in [4.69, 9.17) is 10.2 Å². The first kappa shape index (κ1) is 10.3. The second-order valence-electron chi connectivity index (χ2n) is 3.10. The molecule has 2 rings (SSSR count). The number of carbonyl (C=O) groups is 1. The van der Waals surface area contributed by atoms with E-state index in [1.807, 2.05) is 0 Å². The minimum absolute atomic E-state index is 0.0543. The van der Waals surface area contributed by atoms with Crippen LogP contribution in [0.1, 0.15) is 10.5 Å². The van der Waals surface area contributed by atoms with Gasteiger partial charge in [0.2, 0.25) is 0 Å². The molecular formula is C10H9N3O3. The standard InChI is InChI=1S/C10H9N3O3/c14-6-13-9(10(15)16)4-8(12-13)7-2-1-3-11-5-7/h1-5,14H,6H2,(H,15,16). The van der Waals surface area contributed by atoms with Gasteiger partial charge in [0.15, 0.2) is 0 Å². The zero-order chi connectivity index (χ0) is 11.5. The Hall–Kier alpha value is -2.21. The van der Waals surface area contributed by atoms with Crippen LogP contribution in [0.2, 0.25) is 0 Å². The monoisotopic (exact) mass is 219 g/mol. The van der Waals surface area contributed by atoms with Crippen LogP contribution in [0.4, 0.5) is 0 Å². The average molecular weight is 219 g/mol. The van der Waals surface area contributed by atoms with Crippen LogP contribution in [0.3, 0.4) is 0 Å². The number of aliphatic hydroxyl groups excluding tert-OH is 1. The van der Waals surface area contributed by atoms with Crippen LogP contribution in [-0.2, 0) is 6.73 Å². The van der Waals surface area contributed by atoms with E-state index in [1.165, 1.54) is 6.07 Å². The summed E-state index contributed by atoms with van der Waals surface area (Å²) in [5.41, 5.74) is 1.12. The lowest BCUT2D eigenvalue weighted by Crippen LogP contribution is -2.09. The van der Waals surface area contributed by atoms with Crippen molar-refractivity contribution in [3.05, 3.63) is 36.3 Å². The van der Waals surface area contributed by atoms with Crippen LogP contribution in [0.25, 0.3) is 11.3 Å². The number of carboxylic acids is 1. The third-order valence-corrected chi connectivity index (χ3v) is 2.09. The van der Waals surface area contributed by atoms with E-state index in [2.05, 4.69) is 10.1 Å². The molecule has 2 N–H and O–H groups in total. The van der Waals surface area contributed by atoms with Crippen LogP contribution >= 0.6 is 0 Å². The molecule has 0 aromatic carbocycles. The summed E-state index contributed by atoms with van der Waals surface area (Å²) in [6, 6.07) is 4.89. The summed E-state index contributed by atoms with van der Waals surface area (Å²) in [4.78, 5) is 14.7. The molecule has 16 heavy (non-hydrogen) atoms. The Balaban J connectivity index is 2.48. The lowest BCUT2D eigenvalue weighted by molar-refractivity contribution is 0.0668. The first-order valence-corrected chi connectivity index (χ1v) is 4.55. The molecule has 0 saturated heterocycles. The highest BCUT2D eigenvalue weighted by atomic mass is 16.4. The van der Waals surface area contributed by atoms with Gasteiger partial charge in [-0.15, -0.1) is 0 Å². The van der Waals surface area contributed by atoms with Gasteiger partial charge in [0.05, 0.1) is 5.69 Å². The lowest BCUT2D eigenvalue weighted by atomic mass is 10.2. The predicted molar refractivity (Wildman–Crippen MR) is 54.6 cm³/mol. The van der Waals surface area contributed by atoms with Gasteiger partial charge in [0.25, 0.3) is 0 Å². The molecule has 0 fully saturated rings. The predicted octanol–water partition coefficient (Wildman–Crippen LogP) is 0.593. The van der Waals surface area contributed by atoms with Gasteiger partial charge in [0.1, 0.15) is 12.4 Å². The number of pyridine rings is 1. The zero-order valence-corrected chi connectivity index (χ0v) is 8.24. The molecule has 2 aromatic heterocycles. The summed E-state index contributed by atoms with van der Waals surface area (Å²) in [6.45, 7) is -0.470. The van der Waals surface area contributed by atoms with E-state index in [0.717, 1.165) is 4.68 Å². The second-order valence-corrected chi connectivity index (χ2v) is 3.10. The maximum absolute atomic E-state index is 10.8. The number of carboxylic acid groups (broad SMARTS) is 1. The van der Waals surface area contributed by atoms with Crippen molar-refractivity contribution < 1.29 is 15.0 Å². The van der Waals surface area contributed by atoms with Gasteiger partial charge in [-0.2, -0.15) is 5.10 Å². The summed E-state index contributed by atoms with van der Waals surface area (Å²) in [7, 11) is 0. The Bertz CT molecular complexity index is 507. The van der Waals surface area contributed by atoms with Crippen molar-refractivity contribution in [1.82, 2.24) is 14.8 Å². The highest BCUT2D eigenvalue weighted by Crippen LogP contribution is 2.17. The Morgan fingerprint density at radius 2 is 2.31 bits per heavy atom. The fraction of sp³-hybridized carbons (Fsp3) is 0.100. The topological polar surface area (TPSA) is 88.2 Å². The lowest BCUT2D eigenvalue weighted by Gasteiger charge is -1.96. The molecule has 0 aliphatic carbocycles. The van der Waals surface area contributed by atoms with Gasteiger partial charge < -0.3 is 10.2 Å². The van der Waals surface area contributed by atoms with Crippen molar-refractivity contribution >= 4 is 5.97 Å². The molecule has 6 nitrogen and oxygen atoms in total. The van der Waals surface area contributed by atoms with E-state index in [0.29, 0.717) is 11.3 Å². The summed E-state index contributed by atoms with van der Waals surface area (Å²) in [5.74, 6) is -1.13. The molecule has 0 radical (unpaired) electrons. The van der Waals surface area contributed by atoms with Crippen LogP contribution in [0.5, 0.6) is 0 Å². The van der Waals surface area contributed by atoms with Gasteiger partial charge >= 0.3 is 5.97 Å². The molecule has 2 aromatic rings. The van der Waals surface area contributed by atoms with E-state index >= 15 is 0 Å². The largest absolute Gasteiger partial charge is 0.477 e. The zero-order valence-electron chi connectivity index (χ0n) is 8.24. The Kier molecular flexibility index (Phi) is 2.65. The number of aromatic nitrogens is 3. The van der Waals surface area contributed by atoms with Gasteiger partial charge in [0, 0.05) is 18.0 Å². The van der Waals surface area contributed by atoms with Crippen LogP contribution in [0.15, 0.2) is 30.6 Å². The summed E-state index contributed by atoms with van der Waals surface area (Å²) in [5, 5.41) is 21.8. The Morgan fingerprint density at radius 3 is 2.81 bits per heavy atom.